The maximum atomic E-state index is 13.8. The number of amides is 3. The molecule has 0 spiro atoms. The van der Waals surface area contributed by atoms with Crippen molar-refractivity contribution in [1.82, 2.24) is 20.1 Å². The van der Waals surface area contributed by atoms with Crippen molar-refractivity contribution < 1.29 is 28.6 Å². The molecule has 2 N–H and O–H groups in total. The van der Waals surface area contributed by atoms with Crippen LogP contribution in [0.2, 0.25) is 0 Å². The Hall–Kier alpha value is -4.55. The Labute approximate surface area is 255 Å². The van der Waals surface area contributed by atoms with Gasteiger partial charge in [0.25, 0.3) is 11.8 Å². The Morgan fingerprint density at radius 1 is 1.00 bits per heavy atom. The number of rotatable bonds is 10. The smallest absolute Gasteiger partial charge is 0.257 e. The number of carbonyl (C=O) groups is 3. The zero-order valence-electron chi connectivity index (χ0n) is 24.0. The summed E-state index contributed by atoms with van der Waals surface area (Å²) in [6, 6.07) is 17.8. The number of anilines is 1. The van der Waals surface area contributed by atoms with Crippen LogP contribution in [-0.4, -0.2) is 84.7 Å². The Morgan fingerprint density at radius 2 is 1.67 bits per heavy atom. The summed E-state index contributed by atoms with van der Waals surface area (Å²) in [5.41, 5.74) is 0.574. The number of pyridine rings is 1. The van der Waals surface area contributed by atoms with E-state index in [-0.39, 0.29) is 17.4 Å². The van der Waals surface area contributed by atoms with Crippen LogP contribution in [0.5, 0.6) is 11.5 Å². The van der Waals surface area contributed by atoms with Gasteiger partial charge in [-0.15, -0.1) is 0 Å². The number of morpholine rings is 1. The molecule has 11 nitrogen and oxygen atoms in total. The van der Waals surface area contributed by atoms with Crippen LogP contribution >= 0.6 is 12.2 Å². The second kappa shape index (κ2) is 13.2. The van der Waals surface area contributed by atoms with E-state index < -0.39 is 17.4 Å². The van der Waals surface area contributed by atoms with Crippen molar-refractivity contribution in [1.29, 1.82) is 0 Å². The molecule has 2 aromatic carbocycles. The van der Waals surface area contributed by atoms with Crippen LogP contribution in [0.1, 0.15) is 27.9 Å². The van der Waals surface area contributed by atoms with Gasteiger partial charge in [-0.25, -0.2) is 4.98 Å². The van der Waals surface area contributed by atoms with Gasteiger partial charge in [0.05, 0.1) is 40.1 Å². The van der Waals surface area contributed by atoms with Crippen molar-refractivity contribution in [3.05, 3.63) is 83.6 Å². The summed E-state index contributed by atoms with van der Waals surface area (Å²) in [4.78, 5) is 48.1. The molecule has 224 valence electrons. The summed E-state index contributed by atoms with van der Waals surface area (Å²) >= 11 is 5.63. The van der Waals surface area contributed by atoms with E-state index in [1.165, 1.54) is 13.3 Å². The van der Waals surface area contributed by atoms with Crippen molar-refractivity contribution in [3.8, 4) is 11.5 Å². The molecule has 3 amide bonds. The second-order valence-corrected chi connectivity index (χ2v) is 10.5. The minimum absolute atomic E-state index is 0.116. The largest absolute Gasteiger partial charge is 0.497 e. The lowest BCUT2D eigenvalue weighted by Crippen LogP contribution is -2.50. The first-order chi connectivity index (χ1) is 20.8. The number of nitrogens with one attached hydrogen (secondary N) is 2. The summed E-state index contributed by atoms with van der Waals surface area (Å²) in [6.07, 6.45) is 1.80. The lowest BCUT2D eigenvalue weighted by molar-refractivity contribution is -0.131. The highest BCUT2D eigenvalue weighted by atomic mass is 32.1. The van der Waals surface area contributed by atoms with Crippen LogP contribution < -0.4 is 20.1 Å². The molecule has 5 rings (SSSR count). The van der Waals surface area contributed by atoms with E-state index in [2.05, 4.69) is 15.6 Å². The van der Waals surface area contributed by atoms with E-state index in [9.17, 15) is 14.4 Å². The molecule has 0 saturated carbocycles. The predicted octanol–water partition coefficient (Wildman–Crippen LogP) is 2.75. The van der Waals surface area contributed by atoms with Crippen LogP contribution in [0.15, 0.2) is 66.9 Å². The molecule has 1 atom stereocenters. The fourth-order valence-electron chi connectivity index (χ4n) is 5.29. The molecule has 3 aromatic rings. The molecule has 2 fully saturated rings. The van der Waals surface area contributed by atoms with E-state index in [4.69, 9.17) is 26.4 Å². The lowest BCUT2D eigenvalue weighted by atomic mass is 9.84. The Bertz CT molecular complexity index is 1480. The number of nitrogens with zero attached hydrogens (tertiary/aromatic N) is 3. The number of thiocarbonyl (C=S) groups is 1. The van der Waals surface area contributed by atoms with Crippen molar-refractivity contribution in [3.63, 3.8) is 0 Å². The number of ether oxygens (including phenoxy) is 3. The topological polar surface area (TPSA) is 122 Å². The quantitative estimate of drug-likeness (QED) is 0.337. The van der Waals surface area contributed by atoms with Gasteiger partial charge in [-0.05, 0) is 66.2 Å². The minimum atomic E-state index is -1.46. The van der Waals surface area contributed by atoms with Gasteiger partial charge >= 0.3 is 0 Å². The average Bonchev–Trinajstić information content (AvgIpc) is 3.28. The third kappa shape index (κ3) is 6.45. The zero-order chi connectivity index (χ0) is 30.4. The van der Waals surface area contributed by atoms with Crippen LogP contribution in [0.4, 0.5) is 5.82 Å². The SMILES string of the molecule is COc1ccc(CCN2C(=S)NC(=O)C2(CC(=O)Nc2ccc(OC)cn2)c2ccc(C(=O)N3CCOCC3)cc2)cc1. The summed E-state index contributed by atoms with van der Waals surface area (Å²) < 4.78 is 15.8. The van der Waals surface area contributed by atoms with Gasteiger partial charge < -0.3 is 34.6 Å². The van der Waals surface area contributed by atoms with Gasteiger partial charge in [0.1, 0.15) is 17.3 Å². The molecule has 2 saturated heterocycles. The first-order valence-corrected chi connectivity index (χ1v) is 14.3. The third-order valence-electron chi connectivity index (χ3n) is 7.65. The molecule has 1 unspecified atom stereocenters. The van der Waals surface area contributed by atoms with Gasteiger partial charge in [-0.3, -0.25) is 14.4 Å². The Morgan fingerprint density at radius 3 is 2.30 bits per heavy atom. The zero-order valence-corrected chi connectivity index (χ0v) is 24.8. The molecule has 0 bridgehead atoms. The normalized spacial score (nSPS) is 18.3. The van der Waals surface area contributed by atoms with Crippen LogP contribution in [0.25, 0.3) is 0 Å². The van der Waals surface area contributed by atoms with Gasteiger partial charge in [0, 0.05) is 25.2 Å². The van der Waals surface area contributed by atoms with Crippen LogP contribution in [0, 0.1) is 0 Å². The highest BCUT2D eigenvalue weighted by Crippen LogP contribution is 2.38. The number of hydrogen-bond donors (Lipinski definition) is 2. The molecule has 0 radical (unpaired) electrons. The minimum Gasteiger partial charge on any atom is -0.497 e. The molecule has 0 aliphatic carbocycles. The Balaban J connectivity index is 1.45. The molecule has 2 aliphatic rings. The lowest BCUT2D eigenvalue weighted by Gasteiger charge is -2.36. The van der Waals surface area contributed by atoms with Crippen molar-refractivity contribution in [2.45, 2.75) is 18.4 Å². The van der Waals surface area contributed by atoms with Gasteiger partial charge in [0.2, 0.25) is 5.91 Å². The first kappa shape index (κ1) is 29.9. The van der Waals surface area contributed by atoms with Gasteiger partial charge in [-0.1, -0.05) is 24.3 Å². The van der Waals surface area contributed by atoms with E-state index in [1.807, 2.05) is 24.3 Å². The number of carbonyl (C=O) groups excluding carboxylic acids is 3. The monoisotopic (exact) mass is 603 g/mol. The number of methoxy groups -OCH3 is 2. The highest BCUT2D eigenvalue weighted by Gasteiger charge is 2.53. The van der Waals surface area contributed by atoms with E-state index in [1.54, 1.807) is 53.3 Å². The first-order valence-electron chi connectivity index (χ1n) is 13.9. The molecule has 1 aromatic heterocycles. The maximum Gasteiger partial charge on any atom is 0.257 e. The van der Waals surface area contributed by atoms with Gasteiger partial charge in [-0.2, -0.15) is 0 Å². The number of hydrogen-bond acceptors (Lipinski definition) is 8. The third-order valence-corrected chi connectivity index (χ3v) is 7.97. The standard InChI is InChI=1S/C31H33N5O6S/c1-40-24-9-3-21(4-10-24)13-14-36-30(43)34-29(39)31(36,19-27(37)33-26-12-11-25(41-2)20-32-26)23-7-5-22(6-8-23)28(38)35-15-17-42-18-16-35/h3-12,20H,13-19H2,1-2H3,(H,32,33,37)(H,34,39,43). The number of benzene rings is 2. The molecular weight excluding hydrogens is 570 g/mol. The van der Waals surface area contributed by atoms with E-state index in [0.717, 1.165) is 11.3 Å². The molecule has 3 heterocycles. The van der Waals surface area contributed by atoms with Crippen LogP contribution in [-0.2, 0) is 26.3 Å². The molecular formula is C31H33N5O6S. The fourth-order valence-corrected chi connectivity index (χ4v) is 5.63. The second-order valence-electron chi connectivity index (χ2n) is 10.2. The van der Waals surface area contributed by atoms with Gasteiger partial charge in [0.15, 0.2) is 10.7 Å². The fraction of sp³-hybridized carbons (Fsp3) is 0.323. The predicted molar refractivity (Wildman–Crippen MR) is 163 cm³/mol. The van der Waals surface area contributed by atoms with Crippen LogP contribution in [0.3, 0.4) is 0 Å². The van der Waals surface area contributed by atoms with E-state index >= 15 is 0 Å². The summed E-state index contributed by atoms with van der Waals surface area (Å²) in [7, 11) is 3.14. The van der Waals surface area contributed by atoms with E-state index in [0.29, 0.717) is 62.0 Å². The average molecular weight is 604 g/mol. The van der Waals surface area contributed by atoms with Crippen molar-refractivity contribution in [2.24, 2.45) is 0 Å². The summed E-state index contributed by atoms with van der Waals surface area (Å²) in [6.45, 7) is 2.37. The molecule has 12 heteroatoms. The number of aromatic nitrogens is 1. The Kier molecular flexibility index (Phi) is 9.17. The van der Waals surface area contributed by atoms with Crippen molar-refractivity contribution in [2.75, 3.05) is 52.4 Å². The molecule has 43 heavy (non-hydrogen) atoms. The summed E-state index contributed by atoms with van der Waals surface area (Å²) in [5.74, 6) is 0.638. The molecule has 2 aliphatic heterocycles. The summed E-state index contributed by atoms with van der Waals surface area (Å²) in [5, 5.41) is 5.79. The maximum absolute atomic E-state index is 13.8. The highest BCUT2D eigenvalue weighted by molar-refractivity contribution is 7.80. The van der Waals surface area contributed by atoms with Crippen molar-refractivity contribution >= 4 is 40.9 Å².